The van der Waals surface area contributed by atoms with Crippen molar-refractivity contribution in [2.24, 2.45) is 5.92 Å². The molecule has 0 saturated heterocycles. The first-order valence-electron chi connectivity index (χ1n) is 8.16. The van der Waals surface area contributed by atoms with Crippen LogP contribution in [0.25, 0.3) is 0 Å². The smallest absolute Gasteiger partial charge is 0.00182 e. The van der Waals surface area contributed by atoms with Crippen LogP contribution in [-0.2, 0) is 0 Å². The van der Waals surface area contributed by atoms with E-state index in [0.717, 1.165) is 11.8 Å². The van der Waals surface area contributed by atoms with Crippen LogP contribution in [0.3, 0.4) is 0 Å². The van der Waals surface area contributed by atoms with E-state index in [9.17, 15) is 0 Å². The molecule has 0 aliphatic heterocycles. The lowest BCUT2D eigenvalue weighted by atomic mass is 9.82. The predicted octanol–water partition coefficient (Wildman–Crippen LogP) is 5.97. The van der Waals surface area contributed by atoms with Crippen molar-refractivity contribution in [3.63, 3.8) is 0 Å². The number of hydrogen-bond acceptors (Lipinski definition) is 0. The summed E-state index contributed by atoms with van der Waals surface area (Å²) in [5, 5.41) is 0. The maximum atomic E-state index is 2.42. The van der Waals surface area contributed by atoms with Gasteiger partial charge in [0.25, 0.3) is 0 Å². The molecule has 0 N–H and O–H groups in total. The summed E-state index contributed by atoms with van der Waals surface area (Å²) >= 11 is 0. The molecule has 2 aliphatic carbocycles. The molecular weight excluding hydrogens is 240 g/mol. The van der Waals surface area contributed by atoms with Crippen LogP contribution in [0.1, 0.15) is 68.9 Å². The minimum Gasteiger partial charge on any atom is -0.0851 e. The number of benzene rings is 1. The zero-order chi connectivity index (χ0) is 13.9. The molecule has 0 heteroatoms. The molecule has 1 aromatic carbocycles. The quantitative estimate of drug-likeness (QED) is 0.578. The monoisotopic (exact) mass is 266 g/mol. The van der Waals surface area contributed by atoms with Gasteiger partial charge in [-0.3, -0.25) is 0 Å². The first-order valence-corrected chi connectivity index (χ1v) is 8.16. The van der Waals surface area contributed by atoms with Crippen LogP contribution in [0.5, 0.6) is 0 Å². The number of rotatable bonds is 2. The first-order chi connectivity index (χ1) is 9.72. The molecule has 0 aromatic heterocycles. The standard InChI is InChI=1S/C20H26/c1-15-3-7-17(8-4-15)19-11-13-20(14-12-19)18-9-5-16(2)6-10-18/h3,5,7,11-15,17-18H,4,6,8-10H2,1-2H3. The third-order valence-corrected chi connectivity index (χ3v) is 5.08. The van der Waals surface area contributed by atoms with Gasteiger partial charge in [-0.1, -0.05) is 55.0 Å². The summed E-state index contributed by atoms with van der Waals surface area (Å²) in [6, 6.07) is 9.48. The minimum absolute atomic E-state index is 0.647. The fraction of sp³-hybridized carbons (Fsp3) is 0.500. The highest BCUT2D eigenvalue weighted by Crippen LogP contribution is 2.34. The van der Waals surface area contributed by atoms with Gasteiger partial charge in [0.1, 0.15) is 0 Å². The van der Waals surface area contributed by atoms with E-state index >= 15 is 0 Å². The fourth-order valence-electron chi connectivity index (χ4n) is 3.52. The van der Waals surface area contributed by atoms with Crippen molar-refractivity contribution < 1.29 is 0 Å². The summed E-state index contributed by atoms with van der Waals surface area (Å²) in [5.41, 5.74) is 4.60. The van der Waals surface area contributed by atoms with E-state index in [-0.39, 0.29) is 0 Å². The van der Waals surface area contributed by atoms with Gasteiger partial charge in [0, 0.05) is 5.92 Å². The van der Waals surface area contributed by atoms with Crippen LogP contribution >= 0.6 is 0 Å². The third kappa shape index (κ3) is 3.06. The largest absolute Gasteiger partial charge is 0.0851 e. The van der Waals surface area contributed by atoms with E-state index in [2.05, 4.69) is 56.3 Å². The van der Waals surface area contributed by atoms with Crippen molar-refractivity contribution in [2.45, 2.75) is 57.8 Å². The Balaban J connectivity index is 1.70. The Kier molecular flexibility index (Phi) is 4.10. The average Bonchev–Trinajstić information content (AvgIpc) is 2.49. The van der Waals surface area contributed by atoms with Gasteiger partial charge in [-0.2, -0.15) is 0 Å². The van der Waals surface area contributed by atoms with E-state index in [4.69, 9.17) is 0 Å². The lowest BCUT2D eigenvalue weighted by Crippen LogP contribution is -2.06. The molecule has 0 bridgehead atoms. The summed E-state index contributed by atoms with van der Waals surface area (Å²) in [6.45, 7) is 4.57. The van der Waals surface area contributed by atoms with E-state index in [1.807, 2.05) is 0 Å². The lowest BCUT2D eigenvalue weighted by molar-refractivity contribution is 0.545. The van der Waals surface area contributed by atoms with Crippen molar-refractivity contribution in [3.8, 4) is 0 Å². The van der Waals surface area contributed by atoms with Gasteiger partial charge in [-0.05, 0) is 62.0 Å². The van der Waals surface area contributed by atoms with Crippen LogP contribution in [0.15, 0.2) is 48.1 Å². The second-order valence-electron chi connectivity index (χ2n) is 6.73. The van der Waals surface area contributed by atoms with E-state index < -0.39 is 0 Å². The van der Waals surface area contributed by atoms with Crippen molar-refractivity contribution in [3.05, 3.63) is 59.2 Å². The molecule has 1 aromatic rings. The zero-order valence-electron chi connectivity index (χ0n) is 12.8. The highest BCUT2D eigenvalue weighted by Gasteiger charge is 2.17. The van der Waals surface area contributed by atoms with Gasteiger partial charge in [0.2, 0.25) is 0 Å². The van der Waals surface area contributed by atoms with Crippen LogP contribution in [0, 0.1) is 5.92 Å². The SMILES string of the molecule is CC1=CCC(c2ccc(C3C=CC(C)CC3)cc2)CC1. The third-order valence-electron chi connectivity index (χ3n) is 5.08. The molecule has 0 amide bonds. The molecule has 0 fully saturated rings. The maximum absolute atomic E-state index is 2.42. The first kappa shape index (κ1) is 13.7. The van der Waals surface area contributed by atoms with Crippen LogP contribution in [0.2, 0.25) is 0 Å². The molecular formula is C20H26. The molecule has 3 rings (SSSR count). The molecule has 0 nitrogen and oxygen atoms in total. The topological polar surface area (TPSA) is 0 Å². The normalized spacial score (nSPS) is 30.1. The van der Waals surface area contributed by atoms with Gasteiger partial charge in [0.15, 0.2) is 0 Å². The molecule has 0 spiro atoms. The second kappa shape index (κ2) is 5.99. The van der Waals surface area contributed by atoms with E-state index in [0.29, 0.717) is 5.92 Å². The summed E-state index contributed by atoms with van der Waals surface area (Å²) < 4.78 is 0. The average molecular weight is 266 g/mol. The number of hydrogen-bond donors (Lipinski definition) is 0. The van der Waals surface area contributed by atoms with E-state index in [1.54, 1.807) is 5.57 Å². The molecule has 0 heterocycles. The van der Waals surface area contributed by atoms with Crippen LogP contribution in [0.4, 0.5) is 0 Å². The molecule has 3 atom stereocenters. The number of allylic oxidation sites excluding steroid dienone is 4. The Morgan fingerprint density at radius 1 is 0.900 bits per heavy atom. The Hall–Kier alpha value is -1.30. The Morgan fingerprint density at radius 3 is 2.25 bits per heavy atom. The van der Waals surface area contributed by atoms with Gasteiger partial charge in [-0.25, -0.2) is 0 Å². The Labute approximate surface area is 123 Å². The Morgan fingerprint density at radius 2 is 1.65 bits per heavy atom. The van der Waals surface area contributed by atoms with Gasteiger partial charge >= 0.3 is 0 Å². The second-order valence-corrected chi connectivity index (χ2v) is 6.73. The van der Waals surface area contributed by atoms with Gasteiger partial charge in [-0.15, -0.1) is 0 Å². The van der Waals surface area contributed by atoms with Gasteiger partial charge < -0.3 is 0 Å². The molecule has 0 saturated carbocycles. The minimum atomic E-state index is 0.647. The maximum Gasteiger partial charge on any atom is 0.00182 e. The fourth-order valence-corrected chi connectivity index (χ4v) is 3.52. The van der Waals surface area contributed by atoms with E-state index in [1.165, 1.54) is 43.2 Å². The Bertz CT molecular complexity index is 503. The summed E-state index contributed by atoms with van der Waals surface area (Å²) in [7, 11) is 0. The predicted molar refractivity (Wildman–Crippen MR) is 87.1 cm³/mol. The zero-order valence-corrected chi connectivity index (χ0v) is 12.8. The molecule has 0 radical (unpaired) electrons. The van der Waals surface area contributed by atoms with Crippen molar-refractivity contribution in [1.29, 1.82) is 0 Å². The van der Waals surface area contributed by atoms with Crippen molar-refractivity contribution in [2.75, 3.05) is 0 Å². The van der Waals surface area contributed by atoms with Crippen molar-refractivity contribution in [1.82, 2.24) is 0 Å². The molecule has 2 aliphatic rings. The summed E-state index contributed by atoms with van der Waals surface area (Å²) in [6.07, 6.45) is 13.7. The molecule has 3 unspecified atom stereocenters. The summed E-state index contributed by atoms with van der Waals surface area (Å²) in [5.74, 6) is 2.16. The summed E-state index contributed by atoms with van der Waals surface area (Å²) in [4.78, 5) is 0. The van der Waals surface area contributed by atoms with Crippen LogP contribution < -0.4 is 0 Å². The van der Waals surface area contributed by atoms with Crippen molar-refractivity contribution >= 4 is 0 Å². The van der Waals surface area contributed by atoms with Crippen LogP contribution in [-0.4, -0.2) is 0 Å². The molecule has 106 valence electrons. The highest BCUT2D eigenvalue weighted by molar-refractivity contribution is 5.31. The lowest BCUT2D eigenvalue weighted by Gasteiger charge is -2.23. The highest BCUT2D eigenvalue weighted by atomic mass is 14.2. The molecule has 20 heavy (non-hydrogen) atoms. The van der Waals surface area contributed by atoms with Gasteiger partial charge in [0.05, 0.1) is 0 Å².